The highest BCUT2D eigenvalue weighted by Gasteiger charge is 2.29. The van der Waals surface area contributed by atoms with Gasteiger partial charge in [0.15, 0.2) is 0 Å². The van der Waals surface area contributed by atoms with Gasteiger partial charge in [-0.2, -0.15) is 13.2 Å². The van der Waals surface area contributed by atoms with Crippen LogP contribution in [0.2, 0.25) is 0 Å². The molecule has 0 aliphatic heterocycles. The Morgan fingerprint density at radius 1 is 0.828 bits per heavy atom. The lowest BCUT2D eigenvalue weighted by Gasteiger charge is -2.09. The van der Waals surface area contributed by atoms with Gasteiger partial charge in [-0.1, -0.05) is 54.6 Å². The number of esters is 1. The molecule has 0 unspecified atom stereocenters. The summed E-state index contributed by atoms with van der Waals surface area (Å²) in [6, 6.07) is 22.4. The van der Waals surface area contributed by atoms with Gasteiger partial charge in [0.05, 0.1) is 12.0 Å². The molecule has 6 heteroatoms. The Balaban J connectivity index is 1.50. The average Bonchev–Trinajstić information content (AvgIpc) is 2.71. The fourth-order valence-corrected chi connectivity index (χ4v) is 3.59. The summed E-state index contributed by atoms with van der Waals surface area (Å²) in [6.07, 6.45) is -4.26. The maximum atomic E-state index is 12.6. The molecular formula is C23H19F3O2S. The molecule has 0 saturated heterocycles. The van der Waals surface area contributed by atoms with Crippen LogP contribution in [0.5, 0.6) is 0 Å². The first-order valence-corrected chi connectivity index (χ1v) is 9.96. The maximum absolute atomic E-state index is 12.6. The summed E-state index contributed by atoms with van der Waals surface area (Å²) in [6.45, 7) is -0.0561. The van der Waals surface area contributed by atoms with E-state index in [2.05, 4.69) is 12.1 Å². The second kappa shape index (κ2) is 9.65. The predicted molar refractivity (Wildman–Crippen MR) is 107 cm³/mol. The highest BCUT2D eigenvalue weighted by molar-refractivity contribution is 7.98. The number of rotatable bonds is 7. The number of carbonyl (C=O) groups is 1. The fourth-order valence-electron chi connectivity index (χ4n) is 2.66. The highest BCUT2D eigenvalue weighted by atomic mass is 32.2. The van der Waals surface area contributed by atoms with E-state index >= 15 is 0 Å². The third-order valence-electron chi connectivity index (χ3n) is 4.18. The minimum atomic E-state index is -4.38. The summed E-state index contributed by atoms with van der Waals surface area (Å²) in [5.74, 6) is 0.415. The van der Waals surface area contributed by atoms with E-state index in [1.165, 1.54) is 17.7 Å². The van der Waals surface area contributed by atoms with Gasteiger partial charge in [-0.05, 0) is 41.0 Å². The van der Waals surface area contributed by atoms with E-state index in [9.17, 15) is 18.0 Å². The molecule has 0 fully saturated rings. The first kappa shape index (κ1) is 21.0. The maximum Gasteiger partial charge on any atom is 0.416 e. The number of hydrogen-bond acceptors (Lipinski definition) is 3. The quantitative estimate of drug-likeness (QED) is 0.335. The fraction of sp³-hybridized carbons (Fsp3) is 0.174. The molecule has 3 rings (SSSR count). The lowest BCUT2D eigenvalue weighted by atomic mass is 10.1. The molecule has 0 N–H and O–H groups in total. The van der Waals surface area contributed by atoms with Crippen molar-refractivity contribution in [3.05, 3.63) is 101 Å². The van der Waals surface area contributed by atoms with Crippen LogP contribution >= 0.6 is 11.8 Å². The van der Waals surface area contributed by atoms with Gasteiger partial charge in [0.1, 0.15) is 6.61 Å². The van der Waals surface area contributed by atoms with Gasteiger partial charge >= 0.3 is 12.1 Å². The summed E-state index contributed by atoms with van der Waals surface area (Å²) in [7, 11) is 0. The molecule has 150 valence electrons. The van der Waals surface area contributed by atoms with Crippen LogP contribution < -0.4 is 0 Å². The highest BCUT2D eigenvalue weighted by Crippen LogP contribution is 2.29. The Hall–Kier alpha value is -2.73. The lowest BCUT2D eigenvalue weighted by Crippen LogP contribution is -2.09. The van der Waals surface area contributed by atoms with Gasteiger partial charge in [0.25, 0.3) is 0 Å². The first-order chi connectivity index (χ1) is 13.9. The van der Waals surface area contributed by atoms with Crippen molar-refractivity contribution in [1.29, 1.82) is 0 Å². The second-order valence-corrected chi connectivity index (χ2v) is 7.50. The summed E-state index contributed by atoms with van der Waals surface area (Å²) in [5, 5.41) is 0. The van der Waals surface area contributed by atoms with Crippen molar-refractivity contribution in [2.45, 2.75) is 29.9 Å². The second-order valence-electron chi connectivity index (χ2n) is 6.45. The number of carbonyl (C=O) groups excluding carboxylic acids is 1. The summed E-state index contributed by atoms with van der Waals surface area (Å²) in [5.41, 5.74) is 1.84. The zero-order chi connectivity index (χ0) is 20.7. The predicted octanol–water partition coefficient (Wildman–Crippen LogP) is 6.28. The standard InChI is InChI=1S/C23H19F3O2S/c24-23(25,26)20-11-9-17(10-12-20)15-28-22(27)14-19-7-4-8-21(13-19)29-16-18-5-2-1-3-6-18/h1-13H,14-16H2. The van der Waals surface area contributed by atoms with Crippen molar-refractivity contribution < 1.29 is 22.7 Å². The van der Waals surface area contributed by atoms with E-state index in [1.807, 2.05) is 42.5 Å². The molecule has 0 aliphatic carbocycles. The molecule has 0 atom stereocenters. The Bertz CT molecular complexity index is 938. The zero-order valence-corrected chi connectivity index (χ0v) is 16.3. The number of alkyl halides is 3. The van der Waals surface area contributed by atoms with Crippen LogP contribution in [0.3, 0.4) is 0 Å². The number of thioether (sulfide) groups is 1. The van der Waals surface area contributed by atoms with Crippen molar-refractivity contribution in [2.24, 2.45) is 0 Å². The van der Waals surface area contributed by atoms with Crippen molar-refractivity contribution in [3.8, 4) is 0 Å². The normalized spacial score (nSPS) is 11.3. The lowest BCUT2D eigenvalue weighted by molar-refractivity contribution is -0.144. The minimum Gasteiger partial charge on any atom is -0.461 e. The molecule has 2 nitrogen and oxygen atoms in total. The summed E-state index contributed by atoms with van der Waals surface area (Å²) >= 11 is 1.68. The molecule has 0 aliphatic rings. The number of hydrogen-bond donors (Lipinski definition) is 0. The molecule has 0 amide bonds. The van der Waals surface area contributed by atoms with Crippen LogP contribution in [0.15, 0.2) is 83.8 Å². The average molecular weight is 416 g/mol. The van der Waals surface area contributed by atoms with Crippen LogP contribution in [0.1, 0.15) is 22.3 Å². The largest absolute Gasteiger partial charge is 0.461 e. The molecule has 29 heavy (non-hydrogen) atoms. The molecule has 0 bridgehead atoms. The van der Waals surface area contributed by atoms with Crippen molar-refractivity contribution in [2.75, 3.05) is 0 Å². The molecule has 0 saturated carbocycles. The molecule has 3 aromatic carbocycles. The van der Waals surface area contributed by atoms with Crippen LogP contribution in [-0.2, 0) is 34.5 Å². The SMILES string of the molecule is O=C(Cc1cccc(SCc2ccccc2)c1)OCc1ccc(C(F)(F)F)cc1. The summed E-state index contributed by atoms with van der Waals surface area (Å²) in [4.78, 5) is 13.2. The third kappa shape index (κ3) is 6.68. The minimum absolute atomic E-state index is 0.0561. The smallest absolute Gasteiger partial charge is 0.416 e. The van der Waals surface area contributed by atoms with E-state index < -0.39 is 17.7 Å². The van der Waals surface area contributed by atoms with Gasteiger partial charge < -0.3 is 4.74 Å². The van der Waals surface area contributed by atoms with E-state index in [0.717, 1.165) is 28.3 Å². The zero-order valence-electron chi connectivity index (χ0n) is 15.5. The molecule has 0 spiro atoms. The summed E-state index contributed by atoms with van der Waals surface area (Å²) < 4.78 is 42.9. The van der Waals surface area contributed by atoms with Gasteiger partial charge in [0.2, 0.25) is 0 Å². The van der Waals surface area contributed by atoms with E-state index in [4.69, 9.17) is 4.74 Å². The van der Waals surface area contributed by atoms with Gasteiger partial charge in [-0.25, -0.2) is 0 Å². The Labute approximate surface area is 171 Å². The van der Waals surface area contributed by atoms with Gasteiger partial charge in [0, 0.05) is 10.6 Å². The number of ether oxygens (including phenoxy) is 1. The van der Waals surface area contributed by atoms with Crippen LogP contribution in [0.25, 0.3) is 0 Å². The van der Waals surface area contributed by atoms with Crippen molar-refractivity contribution in [1.82, 2.24) is 0 Å². The van der Waals surface area contributed by atoms with Crippen LogP contribution in [0, 0.1) is 0 Å². The first-order valence-electron chi connectivity index (χ1n) is 8.97. The third-order valence-corrected chi connectivity index (χ3v) is 5.24. The molecule has 3 aromatic rings. The molecule has 0 radical (unpaired) electrons. The molecule has 0 heterocycles. The van der Waals surface area contributed by atoms with Crippen molar-refractivity contribution >= 4 is 17.7 Å². The van der Waals surface area contributed by atoms with Gasteiger partial charge in [-0.15, -0.1) is 11.8 Å². The molecule has 0 aromatic heterocycles. The van der Waals surface area contributed by atoms with E-state index in [0.29, 0.717) is 5.56 Å². The Morgan fingerprint density at radius 2 is 1.52 bits per heavy atom. The van der Waals surface area contributed by atoms with Crippen LogP contribution in [0.4, 0.5) is 13.2 Å². The van der Waals surface area contributed by atoms with E-state index in [1.54, 1.807) is 11.8 Å². The van der Waals surface area contributed by atoms with Gasteiger partial charge in [-0.3, -0.25) is 4.79 Å². The Kier molecular flexibility index (Phi) is 6.99. The molecular weight excluding hydrogens is 397 g/mol. The van der Waals surface area contributed by atoms with Crippen LogP contribution in [-0.4, -0.2) is 5.97 Å². The topological polar surface area (TPSA) is 26.3 Å². The number of benzene rings is 3. The number of halogens is 3. The van der Waals surface area contributed by atoms with E-state index in [-0.39, 0.29) is 13.0 Å². The van der Waals surface area contributed by atoms with Crippen molar-refractivity contribution in [3.63, 3.8) is 0 Å². The monoisotopic (exact) mass is 416 g/mol. The Morgan fingerprint density at radius 3 is 2.21 bits per heavy atom.